The van der Waals surface area contributed by atoms with Crippen molar-refractivity contribution in [2.45, 2.75) is 219 Å². The highest BCUT2D eigenvalue weighted by Gasteiger charge is 2.88. The lowest BCUT2D eigenvalue weighted by Crippen LogP contribution is -2.91. The third-order valence-electron chi connectivity index (χ3n) is 17.6. The van der Waals surface area contributed by atoms with Crippen LogP contribution in [0.1, 0.15) is 180 Å². The standard InChI is InChI=1S/C41H67ClO12Si8/c42-33-29-31-41(32-30-33)62-52-59(38-23-9-10-24-38)46-56(35-17-3-4-18-35)43-55(34-15-1-2-16-34)44-57(48-59,36-19-5-6-20-36)50-61(54-62,40-27-13-14-28-40)51-58(45-55,37-21-7-8-22-37)49-60(47-56,53-62)39-25-11-12-26-39/h29-32,34-40H,1-28H2. The van der Waals surface area contributed by atoms with Gasteiger partial charge in [0.15, 0.2) is 0 Å². The van der Waals surface area contributed by atoms with Crippen LogP contribution in [-0.4, -0.2) is 70.4 Å². The fraction of sp³-hybridized carbons (Fsp3) is 0.854. The van der Waals surface area contributed by atoms with Crippen LogP contribution in [0.25, 0.3) is 0 Å². The summed E-state index contributed by atoms with van der Waals surface area (Å²) in [6, 6.07) is 8.04. The van der Waals surface area contributed by atoms with E-state index in [1.807, 2.05) is 12.1 Å². The van der Waals surface area contributed by atoms with Crippen molar-refractivity contribution in [3.8, 4) is 0 Å². The van der Waals surface area contributed by atoms with Crippen LogP contribution in [-0.2, 0) is 49.4 Å². The Morgan fingerprint density at radius 1 is 0.274 bits per heavy atom. The zero-order valence-electron chi connectivity index (χ0n) is 36.4. The number of benzene rings is 1. The van der Waals surface area contributed by atoms with Crippen LogP contribution in [0.5, 0.6) is 0 Å². The lowest BCUT2D eigenvalue weighted by Gasteiger charge is -2.66. The lowest BCUT2D eigenvalue weighted by molar-refractivity contribution is -0.0427. The van der Waals surface area contributed by atoms with Crippen molar-refractivity contribution in [1.82, 2.24) is 0 Å². The maximum Gasteiger partial charge on any atom is 0.515 e. The molecule has 0 radical (unpaired) electrons. The van der Waals surface area contributed by atoms with Crippen molar-refractivity contribution in [3.63, 3.8) is 0 Å². The normalized spacial score (nSPS) is 47.5. The molecule has 0 spiro atoms. The first-order valence-electron chi connectivity index (χ1n) is 25.4. The first-order valence-corrected chi connectivity index (χ1v) is 40.1. The predicted octanol–water partition coefficient (Wildman–Crippen LogP) is 10.9. The van der Waals surface area contributed by atoms with Crippen molar-refractivity contribution >= 4 is 87.2 Å². The van der Waals surface area contributed by atoms with Crippen LogP contribution < -0.4 is 5.19 Å². The molecule has 0 N–H and O–H groups in total. The van der Waals surface area contributed by atoms with E-state index in [-0.39, 0.29) is 38.8 Å². The molecule has 342 valence electrons. The van der Waals surface area contributed by atoms with Crippen molar-refractivity contribution in [2.24, 2.45) is 0 Å². The van der Waals surface area contributed by atoms with Gasteiger partial charge < -0.3 is 49.4 Å². The minimum absolute atomic E-state index is 0.00244. The summed E-state index contributed by atoms with van der Waals surface area (Å²) in [7, 11) is -32.1. The summed E-state index contributed by atoms with van der Waals surface area (Å²) in [5.41, 5.74) is 0.163. The molecule has 12 nitrogen and oxygen atoms in total. The second-order valence-corrected chi connectivity index (χ2v) is 47.5. The first kappa shape index (κ1) is 42.8. The topological polar surface area (TPSA) is 111 Å². The smallest absolute Gasteiger partial charge is 0.373 e. The van der Waals surface area contributed by atoms with E-state index in [1.54, 1.807) is 0 Å². The van der Waals surface area contributed by atoms with Crippen LogP contribution in [0.2, 0.25) is 43.8 Å². The van der Waals surface area contributed by atoms with Gasteiger partial charge in [-0.1, -0.05) is 114 Å². The molecule has 13 aliphatic rings. The zero-order chi connectivity index (χ0) is 41.3. The molecular formula is C41H67ClO12Si8. The summed E-state index contributed by atoms with van der Waals surface area (Å²) in [5.74, 6) is 0. The molecule has 7 aliphatic carbocycles. The van der Waals surface area contributed by atoms with Crippen molar-refractivity contribution in [3.05, 3.63) is 29.3 Å². The van der Waals surface area contributed by atoms with E-state index in [0.717, 1.165) is 185 Å². The Hall–Kier alpha value is 0.765. The van der Waals surface area contributed by atoms with E-state index in [4.69, 9.17) is 61.0 Å². The largest absolute Gasteiger partial charge is 0.515 e. The number of hydrogen-bond acceptors (Lipinski definition) is 12. The molecule has 0 unspecified atom stereocenters. The highest BCUT2D eigenvalue weighted by Crippen LogP contribution is 2.66. The van der Waals surface area contributed by atoms with E-state index in [1.165, 1.54) is 0 Å². The molecule has 8 bridgehead atoms. The molecule has 21 heteroatoms. The fourth-order valence-corrected chi connectivity index (χ4v) is 70.1. The van der Waals surface area contributed by atoms with Gasteiger partial charge in [-0.3, -0.25) is 0 Å². The van der Waals surface area contributed by atoms with Crippen LogP contribution in [0.3, 0.4) is 0 Å². The van der Waals surface area contributed by atoms with Crippen LogP contribution in [0.15, 0.2) is 24.3 Å². The van der Waals surface area contributed by atoms with Crippen molar-refractivity contribution < 1.29 is 49.4 Å². The van der Waals surface area contributed by atoms with Gasteiger partial charge in [-0.25, -0.2) is 0 Å². The monoisotopic (exact) mass is 1010 g/mol. The fourth-order valence-electron chi connectivity index (χ4n) is 14.4. The number of rotatable bonds is 8. The minimum Gasteiger partial charge on any atom is -0.373 e. The predicted molar refractivity (Wildman–Crippen MR) is 246 cm³/mol. The molecule has 7 saturated carbocycles. The van der Waals surface area contributed by atoms with Gasteiger partial charge in [0.05, 0.1) is 0 Å². The molecule has 6 saturated heterocycles. The average Bonchev–Trinajstić information content (AvgIpc) is 4.11. The van der Waals surface area contributed by atoms with Gasteiger partial charge in [-0.05, 0) is 102 Å². The molecule has 13 fully saturated rings. The Balaban J connectivity index is 1.16. The van der Waals surface area contributed by atoms with Gasteiger partial charge >= 0.3 is 70.4 Å². The molecule has 6 heterocycles. The second-order valence-electron chi connectivity index (χ2n) is 21.4. The molecule has 0 atom stereocenters. The summed E-state index contributed by atoms with van der Waals surface area (Å²) < 4.78 is 101. The number of hydrogen-bond donors (Lipinski definition) is 0. The Morgan fingerprint density at radius 2 is 0.452 bits per heavy atom. The van der Waals surface area contributed by atoms with Gasteiger partial charge in [-0.15, -0.1) is 0 Å². The molecule has 1 aromatic carbocycles. The molecule has 0 aromatic heterocycles. The van der Waals surface area contributed by atoms with Gasteiger partial charge in [0.2, 0.25) is 0 Å². The first-order chi connectivity index (χ1) is 30.2. The SMILES string of the molecule is Clc1ccc([Si]23O[Si]4(C5CCCC5)O[Si]5(C6CCCC6)O[Si](C6CCCC6)(O2)O[Si]2(C6CCCC6)O[Si](C6CCCC6)(O3)O[Si](C3CCCC3)(O4)O[Si](C3CCCC3)(O5)O2)cc1. The Labute approximate surface area is 382 Å². The number of halogens is 1. The van der Waals surface area contributed by atoms with E-state index < -0.39 is 70.4 Å². The maximum absolute atomic E-state index is 8.47. The summed E-state index contributed by atoms with van der Waals surface area (Å²) >= 11 is 6.76. The highest BCUT2D eigenvalue weighted by atomic mass is 35.5. The van der Waals surface area contributed by atoms with Gasteiger partial charge in [0, 0.05) is 49.0 Å². The van der Waals surface area contributed by atoms with Gasteiger partial charge in [0.25, 0.3) is 0 Å². The zero-order valence-corrected chi connectivity index (χ0v) is 45.2. The second kappa shape index (κ2) is 15.9. The third-order valence-corrected chi connectivity index (χ3v) is 57.0. The average molecular weight is 1010 g/mol. The summed E-state index contributed by atoms with van der Waals surface area (Å²) in [6.45, 7) is 0. The van der Waals surface area contributed by atoms with E-state index in [9.17, 15) is 0 Å². The Morgan fingerprint density at radius 3 is 0.645 bits per heavy atom. The molecule has 0 amide bonds. The van der Waals surface area contributed by atoms with E-state index >= 15 is 0 Å². The van der Waals surface area contributed by atoms with Crippen LogP contribution in [0, 0.1) is 0 Å². The molecule has 1 aromatic rings. The molecule has 62 heavy (non-hydrogen) atoms. The summed E-state index contributed by atoms with van der Waals surface area (Å²) in [6.07, 6.45) is 28.7. The highest BCUT2D eigenvalue weighted by molar-refractivity contribution is 7.06. The van der Waals surface area contributed by atoms with Gasteiger partial charge in [0.1, 0.15) is 0 Å². The summed E-state index contributed by atoms with van der Waals surface area (Å²) in [5, 5.41) is 1.48. The quantitative estimate of drug-likeness (QED) is 0.231. The van der Waals surface area contributed by atoms with Crippen LogP contribution in [0.4, 0.5) is 0 Å². The van der Waals surface area contributed by atoms with Crippen LogP contribution >= 0.6 is 11.6 Å². The summed E-state index contributed by atoms with van der Waals surface area (Å²) in [4.78, 5) is 0. The molecule has 6 aliphatic heterocycles. The lowest BCUT2D eigenvalue weighted by atomic mass is 10.4. The Kier molecular flexibility index (Phi) is 11.0. The van der Waals surface area contributed by atoms with Crippen molar-refractivity contribution in [2.75, 3.05) is 0 Å². The minimum atomic E-state index is -4.25. The van der Waals surface area contributed by atoms with Gasteiger partial charge in [-0.2, -0.15) is 0 Å². The van der Waals surface area contributed by atoms with Crippen molar-refractivity contribution in [1.29, 1.82) is 0 Å². The molecular weight excluding hydrogens is 945 g/mol. The van der Waals surface area contributed by atoms with E-state index in [0.29, 0.717) is 5.02 Å². The molecule has 14 rings (SSSR count). The van der Waals surface area contributed by atoms with E-state index in [2.05, 4.69) is 12.1 Å². The third kappa shape index (κ3) is 6.72. The maximum atomic E-state index is 8.47. The Bertz CT molecular complexity index is 1650.